The Morgan fingerprint density at radius 3 is 2.72 bits per heavy atom. The average Bonchev–Trinajstić information content (AvgIpc) is 2.61. The van der Waals surface area contributed by atoms with Crippen molar-refractivity contribution in [3.05, 3.63) is 28.7 Å². The summed E-state index contributed by atoms with van der Waals surface area (Å²) in [6.07, 6.45) is 6.06. The summed E-state index contributed by atoms with van der Waals surface area (Å²) in [4.78, 5) is 13.7. The minimum absolute atomic E-state index is 0.00179. The first-order valence-corrected chi connectivity index (χ1v) is 10.0. The molecule has 0 aromatic heterocycles. The van der Waals surface area contributed by atoms with Crippen LogP contribution in [0, 0.1) is 5.92 Å². The zero-order valence-electron chi connectivity index (χ0n) is 14.5. The first kappa shape index (κ1) is 18.5. The number of carbonyl (C=O) groups excluding carboxylic acids is 1. The summed E-state index contributed by atoms with van der Waals surface area (Å²) in [6, 6.07) is 8.46. The summed E-state index contributed by atoms with van der Waals surface area (Å²) in [5.74, 6) is 1.34. The topological polar surface area (TPSA) is 64.8 Å². The van der Waals surface area contributed by atoms with E-state index in [-0.39, 0.29) is 6.10 Å². The third-order valence-electron chi connectivity index (χ3n) is 5.37. The molecule has 3 atom stereocenters. The van der Waals surface area contributed by atoms with Gasteiger partial charge in [-0.1, -0.05) is 28.8 Å². The van der Waals surface area contributed by atoms with Crippen molar-refractivity contribution in [3.63, 3.8) is 0 Å². The molecule has 6 heteroatoms. The average molecular weight is 411 g/mol. The summed E-state index contributed by atoms with van der Waals surface area (Å²) in [5.41, 5.74) is 5.25. The lowest BCUT2D eigenvalue weighted by Gasteiger charge is -2.47. The van der Waals surface area contributed by atoms with Gasteiger partial charge in [0.05, 0.1) is 6.61 Å². The molecule has 2 N–H and O–H groups in total. The van der Waals surface area contributed by atoms with Gasteiger partial charge in [-0.3, -0.25) is 4.90 Å². The van der Waals surface area contributed by atoms with Crippen LogP contribution >= 0.6 is 15.9 Å². The molecule has 1 heterocycles. The molecule has 1 aromatic rings. The van der Waals surface area contributed by atoms with Gasteiger partial charge in [-0.2, -0.15) is 0 Å². The fraction of sp³-hybridized carbons (Fsp3) is 0.632. The van der Waals surface area contributed by atoms with Crippen LogP contribution in [0.4, 0.5) is 4.79 Å². The maximum Gasteiger partial charge on any atom is 0.404 e. The molecule has 0 bridgehead atoms. The zero-order chi connectivity index (χ0) is 17.6. The molecule has 1 saturated heterocycles. The van der Waals surface area contributed by atoms with Crippen molar-refractivity contribution >= 4 is 22.0 Å². The summed E-state index contributed by atoms with van der Waals surface area (Å²) in [7, 11) is 0. The maximum absolute atomic E-state index is 11.2. The predicted molar refractivity (Wildman–Crippen MR) is 101 cm³/mol. The molecule has 1 aromatic carbocycles. The van der Waals surface area contributed by atoms with Crippen molar-refractivity contribution in [2.24, 2.45) is 11.7 Å². The number of benzene rings is 1. The zero-order valence-corrected chi connectivity index (χ0v) is 16.1. The van der Waals surface area contributed by atoms with Crippen molar-refractivity contribution in [1.29, 1.82) is 0 Å². The highest BCUT2D eigenvalue weighted by Crippen LogP contribution is 2.37. The molecule has 2 fully saturated rings. The highest BCUT2D eigenvalue weighted by atomic mass is 79.9. The molecule has 5 nitrogen and oxygen atoms in total. The summed E-state index contributed by atoms with van der Waals surface area (Å²) in [6.45, 7) is 2.72. The Balaban J connectivity index is 1.47. The SMILES string of the molecule is NC(=O)O[C@H]1CCN(CCCOc2ccc(Br)cc2)C2CCCC[C@H]21. The molecular formula is C19H27BrN2O3. The van der Waals surface area contributed by atoms with Crippen LogP contribution in [0.3, 0.4) is 0 Å². The molecular weight excluding hydrogens is 384 g/mol. The second-order valence-corrected chi connectivity index (χ2v) is 7.89. The Morgan fingerprint density at radius 2 is 1.96 bits per heavy atom. The number of hydrogen-bond donors (Lipinski definition) is 1. The van der Waals surface area contributed by atoms with E-state index in [1.165, 1.54) is 19.3 Å². The van der Waals surface area contributed by atoms with Crippen LogP contribution in [0.15, 0.2) is 28.7 Å². The highest BCUT2D eigenvalue weighted by Gasteiger charge is 2.40. The van der Waals surface area contributed by atoms with Crippen molar-refractivity contribution in [1.82, 2.24) is 4.90 Å². The molecule has 1 saturated carbocycles. The minimum atomic E-state index is -0.634. The number of carbonyl (C=O) groups is 1. The van der Waals surface area contributed by atoms with Crippen LogP contribution in [0.25, 0.3) is 0 Å². The normalized spacial score (nSPS) is 26.7. The summed E-state index contributed by atoms with van der Waals surface area (Å²) >= 11 is 3.43. The van der Waals surface area contributed by atoms with E-state index in [4.69, 9.17) is 15.2 Å². The lowest BCUT2D eigenvalue weighted by atomic mass is 9.76. The van der Waals surface area contributed by atoms with Gasteiger partial charge in [-0.05, 0) is 49.9 Å². The van der Waals surface area contributed by atoms with Gasteiger partial charge in [0.25, 0.3) is 0 Å². The molecule has 2 aliphatic rings. The van der Waals surface area contributed by atoms with Crippen molar-refractivity contribution in [2.75, 3.05) is 19.7 Å². The van der Waals surface area contributed by atoms with Crippen LogP contribution < -0.4 is 10.5 Å². The van der Waals surface area contributed by atoms with Gasteiger partial charge in [-0.15, -0.1) is 0 Å². The third-order valence-corrected chi connectivity index (χ3v) is 5.90. The van der Waals surface area contributed by atoms with Crippen LogP contribution in [-0.4, -0.2) is 42.8 Å². The van der Waals surface area contributed by atoms with Crippen molar-refractivity contribution in [3.8, 4) is 5.75 Å². The van der Waals surface area contributed by atoms with Crippen LogP contribution in [-0.2, 0) is 4.74 Å². The largest absolute Gasteiger partial charge is 0.494 e. The molecule has 1 aliphatic heterocycles. The monoisotopic (exact) mass is 410 g/mol. The van der Waals surface area contributed by atoms with E-state index in [1.54, 1.807) is 0 Å². The molecule has 0 spiro atoms. The van der Waals surface area contributed by atoms with Gasteiger partial charge in [0.2, 0.25) is 0 Å². The van der Waals surface area contributed by atoms with Gasteiger partial charge >= 0.3 is 6.09 Å². The molecule has 1 aliphatic carbocycles. The number of rotatable bonds is 6. The molecule has 0 radical (unpaired) electrons. The van der Waals surface area contributed by atoms with Gasteiger partial charge in [0.1, 0.15) is 11.9 Å². The lowest BCUT2D eigenvalue weighted by Crippen LogP contribution is -2.54. The lowest BCUT2D eigenvalue weighted by molar-refractivity contribution is -0.0423. The van der Waals surface area contributed by atoms with E-state index in [0.717, 1.165) is 49.2 Å². The number of amides is 1. The van der Waals surface area contributed by atoms with Gasteiger partial charge < -0.3 is 15.2 Å². The number of primary amides is 1. The minimum Gasteiger partial charge on any atom is -0.494 e. The number of ether oxygens (including phenoxy) is 2. The Hall–Kier alpha value is -1.27. The number of nitrogens with zero attached hydrogens (tertiary/aromatic N) is 1. The van der Waals surface area contributed by atoms with Crippen LogP contribution in [0.2, 0.25) is 0 Å². The number of hydrogen-bond acceptors (Lipinski definition) is 4. The number of halogens is 1. The summed E-state index contributed by atoms with van der Waals surface area (Å²) < 4.78 is 12.3. The smallest absolute Gasteiger partial charge is 0.404 e. The Labute approximate surface area is 158 Å². The number of piperidine rings is 1. The number of likely N-dealkylation sites (tertiary alicyclic amines) is 1. The Morgan fingerprint density at radius 1 is 1.20 bits per heavy atom. The predicted octanol–water partition coefficient (Wildman–Crippen LogP) is 3.95. The van der Waals surface area contributed by atoms with Crippen LogP contribution in [0.5, 0.6) is 5.75 Å². The molecule has 3 rings (SSSR count). The fourth-order valence-electron chi connectivity index (χ4n) is 4.26. The van der Waals surface area contributed by atoms with E-state index in [9.17, 15) is 4.79 Å². The van der Waals surface area contributed by atoms with E-state index in [2.05, 4.69) is 20.8 Å². The maximum atomic E-state index is 11.2. The van der Waals surface area contributed by atoms with E-state index >= 15 is 0 Å². The molecule has 138 valence electrons. The first-order valence-electron chi connectivity index (χ1n) is 9.22. The van der Waals surface area contributed by atoms with Gasteiger partial charge in [0.15, 0.2) is 0 Å². The van der Waals surface area contributed by atoms with E-state index in [0.29, 0.717) is 12.0 Å². The van der Waals surface area contributed by atoms with E-state index < -0.39 is 6.09 Å². The molecule has 1 unspecified atom stereocenters. The van der Waals surface area contributed by atoms with Gasteiger partial charge in [0, 0.05) is 29.5 Å². The Bertz CT molecular complexity index is 566. The van der Waals surface area contributed by atoms with Gasteiger partial charge in [-0.25, -0.2) is 4.79 Å². The first-order chi connectivity index (χ1) is 12.1. The van der Waals surface area contributed by atoms with Crippen LogP contribution in [0.1, 0.15) is 38.5 Å². The standard InChI is InChI=1S/C19H27BrN2O3/c20-14-6-8-15(9-7-14)24-13-3-11-22-12-10-18(25-19(21)23)16-4-1-2-5-17(16)22/h6-9,16-18H,1-5,10-13H2,(H2,21,23)/t16-,17?,18+/m1/s1. The second-order valence-electron chi connectivity index (χ2n) is 6.97. The van der Waals surface area contributed by atoms with Crippen molar-refractivity contribution in [2.45, 2.75) is 50.7 Å². The Kier molecular flexibility index (Phi) is 6.59. The number of nitrogens with two attached hydrogens (primary N) is 1. The highest BCUT2D eigenvalue weighted by molar-refractivity contribution is 9.10. The summed E-state index contributed by atoms with van der Waals surface area (Å²) in [5, 5.41) is 0. The molecule has 1 amide bonds. The van der Waals surface area contributed by atoms with E-state index in [1.807, 2.05) is 24.3 Å². The second kappa shape index (κ2) is 8.90. The molecule has 25 heavy (non-hydrogen) atoms. The number of fused-ring (bicyclic) bond motifs is 1. The third kappa shape index (κ3) is 5.11. The fourth-order valence-corrected chi connectivity index (χ4v) is 4.53. The van der Waals surface area contributed by atoms with Crippen molar-refractivity contribution < 1.29 is 14.3 Å². The quantitative estimate of drug-likeness (QED) is 0.721.